The van der Waals surface area contributed by atoms with Crippen molar-refractivity contribution in [1.82, 2.24) is 9.47 Å². The summed E-state index contributed by atoms with van der Waals surface area (Å²) in [5.41, 5.74) is 2.18. The SMILES string of the molecule is C[C@H](COc1ccccc1)Cn1cc(/C=C2\SC(=S)N(C)C2=O)c2ccccc21. The average molecular weight is 423 g/mol. The van der Waals surface area contributed by atoms with Gasteiger partial charge in [0, 0.05) is 42.2 Å². The standard InChI is InChI=1S/C23H22N2O2S2/c1-16(15-27-18-8-4-3-5-9-18)13-25-14-17(19-10-6-7-11-20(19)25)12-21-22(26)24(2)23(28)29-21/h3-12,14,16H,13,15H2,1-2H3/b21-12-/t16-/m0/s1. The van der Waals surface area contributed by atoms with Crippen LogP contribution < -0.4 is 4.74 Å². The number of fused-ring (bicyclic) bond motifs is 1. The molecule has 1 fully saturated rings. The van der Waals surface area contributed by atoms with Crippen LogP contribution in [0.5, 0.6) is 5.75 Å². The fourth-order valence-corrected chi connectivity index (χ4v) is 4.54. The lowest BCUT2D eigenvalue weighted by atomic mass is 10.1. The molecule has 1 aromatic heterocycles. The molecule has 0 spiro atoms. The number of carbonyl (C=O) groups excluding carboxylic acids is 1. The number of benzene rings is 2. The molecular formula is C23H22N2O2S2. The van der Waals surface area contributed by atoms with E-state index in [1.807, 2.05) is 48.5 Å². The predicted molar refractivity (Wildman–Crippen MR) is 124 cm³/mol. The van der Waals surface area contributed by atoms with E-state index < -0.39 is 0 Å². The molecule has 1 aliphatic heterocycles. The minimum Gasteiger partial charge on any atom is -0.493 e. The molecule has 0 N–H and O–H groups in total. The van der Waals surface area contributed by atoms with Crippen molar-refractivity contribution in [2.75, 3.05) is 13.7 Å². The number of likely N-dealkylation sites (N-methyl/N-ethyl adjacent to an activating group) is 1. The second-order valence-corrected chi connectivity index (χ2v) is 8.90. The highest BCUT2D eigenvalue weighted by Gasteiger charge is 2.29. The summed E-state index contributed by atoms with van der Waals surface area (Å²) in [6.45, 7) is 3.65. The summed E-state index contributed by atoms with van der Waals surface area (Å²) in [5.74, 6) is 1.17. The summed E-state index contributed by atoms with van der Waals surface area (Å²) in [4.78, 5) is 14.6. The summed E-state index contributed by atoms with van der Waals surface area (Å²) < 4.78 is 8.75. The van der Waals surface area contributed by atoms with Gasteiger partial charge in [0.15, 0.2) is 0 Å². The Bertz CT molecular complexity index is 1090. The number of aromatic nitrogens is 1. The minimum absolute atomic E-state index is 0.0403. The highest BCUT2D eigenvalue weighted by molar-refractivity contribution is 8.26. The van der Waals surface area contributed by atoms with Crippen LogP contribution in [0.3, 0.4) is 0 Å². The Morgan fingerprint density at radius 3 is 2.59 bits per heavy atom. The zero-order valence-corrected chi connectivity index (χ0v) is 18.0. The Morgan fingerprint density at radius 1 is 1.14 bits per heavy atom. The lowest BCUT2D eigenvalue weighted by Gasteiger charge is -2.15. The zero-order chi connectivity index (χ0) is 20.4. The number of ether oxygens (including phenoxy) is 1. The molecule has 1 atom stereocenters. The third-order valence-electron chi connectivity index (χ3n) is 4.88. The van der Waals surface area contributed by atoms with E-state index in [0.717, 1.165) is 28.8 Å². The number of carbonyl (C=O) groups is 1. The normalized spacial score (nSPS) is 16.8. The summed E-state index contributed by atoms with van der Waals surface area (Å²) in [6, 6.07) is 18.2. The van der Waals surface area contributed by atoms with Gasteiger partial charge in [0.2, 0.25) is 0 Å². The van der Waals surface area contributed by atoms with Crippen LogP contribution in [0.1, 0.15) is 12.5 Å². The number of thiocarbonyl (C=S) groups is 1. The lowest BCUT2D eigenvalue weighted by Crippen LogP contribution is -2.22. The molecular weight excluding hydrogens is 400 g/mol. The summed E-state index contributed by atoms with van der Waals surface area (Å²) in [5, 5.41) is 1.13. The average Bonchev–Trinajstić information content (AvgIpc) is 3.20. The van der Waals surface area contributed by atoms with Gasteiger partial charge in [0.05, 0.1) is 11.5 Å². The van der Waals surface area contributed by atoms with Gasteiger partial charge in [-0.05, 0) is 24.3 Å². The Kier molecular flexibility index (Phi) is 5.74. The fraction of sp³-hybridized carbons (Fsp3) is 0.217. The van der Waals surface area contributed by atoms with Gasteiger partial charge < -0.3 is 9.30 Å². The zero-order valence-electron chi connectivity index (χ0n) is 16.4. The monoisotopic (exact) mass is 422 g/mol. The Hall–Kier alpha value is -2.57. The van der Waals surface area contributed by atoms with Gasteiger partial charge in [-0.25, -0.2) is 0 Å². The van der Waals surface area contributed by atoms with Gasteiger partial charge in [0.1, 0.15) is 10.1 Å². The molecule has 0 unspecified atom stereocenters. The lowest BCUT2D eigenvalue weighted by molar-refractivity contribution is -0.121. The molecule has 6 heteroatoms. The maximum atomic E-state index is 12.4. The van der Waals surface area contributed by atoms with Crippen molar-refractivity contribution in [2.24, 2.45) is 5.92 Å². The third kappa shape index (κ3) is 4.23. The second kappa shape index (κ2) is 8.43. The number of thioether (sulfide) groups is 1. The first-order chi connectivity index (χ1) is 14.0. The van der Waals surface area contributed by atoms with Crippen molar-refractivity contribution < 1.29 is 9.53 Å². The van der Waals surface area contributed by atoms with E-state index in [1.54, 1.807) is 7.05 Å². The second-order valence-electron chi connectivity index (χ2n) is 7.22. The summed E-state index contributed by atoms with van der Waals surface area (Å²) >= 11 is 6.60. The first-order valence-corrected chi connectivity index (χ1v) is 10.7. The Balaban J connectivity index is 1.56. The largest absolute Gasteiger partial charge is 0.493 e. The van der Waals surface area contributed by atoms with E-state index in [1.165, 1.54) is 16.7 Å². The summed E-state index contributed by atoms with van der Waals surface area (Å²) in [6.07, 6.45) is 4.07. The number of rotatable bonds is 6. The van der Waals surface area contributed by atoms with Crippen molar-refractivity contribution in [3.63, 3.8) is 0 Å². The maximum absolute atomic E-state index is 12.4. The number of para-hydroxylation sites is 2. The topological polar surface area (TPSA) is 34.5 Å². The van der Waals surface area contributed by atoms with E-state index in [2.05, 4.69) is 29.8 Å². The van der Waals surface area contributed by atoms with E-state index >= 15 is 0 Å². The Morgan fingerprint density at radius 2 is 1.86 bits per heavy atom. The number of nitrogens with zero attached hydrogens (tertiary/aromatic N) is 2. The smallest absolute Gasteiger partial charge is 0.265 e. The van der Waals surface area contributed by atoms with Crippen LogP contribution in [0.4, 0.5) is 0 Å². The molecule has 0 saturated carbocycles. The van der Waals surface area contributed by atoms with Crippen LogP contribution in [0.2, 0.25) is 0 Å². The van der Waals surface area contributed by atoms with Crippen LogP contribution in [0.15, 0.2) is 65.7 Å². The van der Waals surface area contributed by atoms with E-state index in [4.69, 9.17) is 17.0 Å². The van der Waals surface area contributed by atoms with Gasteiger partial charge in [-0.3, -0.25) is 9.69 Å². The van der Waals surface area contributed by atoms with Crippen molar-refractivity contribution in [1.29, 1.82) is 0 Å². The molecule has 4 rings (SSSR count). The van der Waals surface area contributed by atoms with Crippen molar-refractivity contribution >= 4 is 51.2 Å². The van der Waals surface area contributed by atoms with Crippen LogP contribution in [-0.4, -0.2) is 33.3 Å². The molecule has 4 nitrogen and oxygen atoms in total. The number of hydrogen-bond donors (Lipinski definition) is 0. The molecule has 2 heterocycles. The van der Waals surface area contributed by atoms with Crippen molar-refractivity contribution in [3.05, 3.63) is 71.3 Å². The molecule has 0 radical (unpaired) electrons. The first-order valence-electron chi connectivity index (χ1n) is 9.50. The molecule has 1 amide bonds. The Labute approximate surface area is 180 Å². The van der Waals surface area contributed by atoms with Crippen LogP contribution in [-0.2, 0) is 11.3 Å². The van der Waals surface area contributed by atoms with Crippen molar-refractivity contribution in [3.8, 4) is 5.75 Å². The van der Waals surface area contributed by atoms with Gasteiger partial charge in [0.25, 0.3) is 5.91 Å². The van der Waals surface area contributed by atoms with Gasteiger partial charge >= 0.3 is 0 Å². The van der Waals surface area contributed by atoms with Gasteiger partial charge in [-0.2, -0.15) is 0 Å². The molecule has 2 aromatic carbocycles. The molecule has 1 saturated heterocycles. The van der Waals surface area contributed by atoms with E-state index in [0.29, 0.717) is 21.8 Å². The molecule has 0 bridgehead atoms. The highest BCUT2D eigenvalue weighted by atomic mass is 32.2. The fourth-order valence-electron chi connectivity index (χ4n) is 3.37. The summed E-state index contributed by atoms with van der Waals surface area (Å²) in [7, 11) is 1.72. The quantitative estimate of drug-likeness (QED) is 0.405. The van der Waals surface area contributed by atoms with E-state index in [9.17, 15) is 4.79 Å². The maximum Gasteiger partial charge on any atom is 0.265 e. The van der Waals surface area contributed by atoms with Crippen molar-refractivity contribution in [2.45, 2.75) is 13.5 Å². The highest BCUT2D eigenvalue weighted by Crippen LogP contribution is 2.33. The molecule has 1 aliphatic rings. The van der Waals surface area contributed by atoms with Gasteiger partial charge in [-0.15, -0.1) is 0 Å². The van der Waals surface area contributed by atoms with E-state index in [-0.39, 0.29) is 5.91 Å². The molecule has 148 valence electrons. The number of hydrogen-bond acceptors (Lipinski definition) is 4. The molecule has 3 aromatic rings. The van der Waals surface area contributed by atoms with Gasteiger partial charge in [-0.1, -0.05) is 67.3 Å². The van der Waals surface area contributed by atoms with Crippen LogP contribution >= 0.6 is 24.0 Å². The first kappa shape index (κ1) is 19.7. The molecule has 29 heavy (non-hydrogen) atoms. The third-order valence-corrected chi connectivity index (χ3v) is 6.36. The minimum atomic E-state index is -0.0403. The van der Waals surface area contributed by atoms with Crippen LogP contribution in [0.25, 0.3) is 17.0 Å². The predicted octanol–water partition coefficient (Wildman–Crippen LogP) is 5.19. The number of amides is 1. The molecule has 0 aliphatic carbocycles. The van der Waals surface area contributed by atoms with Crippen LogP contribution in [0, 0.1) is 5.92 Å².